The van der Waals surface area contributed by atoms with Crippen LogP contribution < -0.4 is 10.1 Å². The Morgan fingerprint density at radius 1 is 1.24 bits per heavy atom. The van der Waals surface area contributed by atoms with E-state index in [-0.39, 0.29) is 0 Å². The molecular formula is C14H22ClNO. The van der Waals surface area contributed by atoms with Crippen molar-refractivity contribution in [2.75, 3.05) is 13.2 Å². The van der Waals surface area contributed by atoms with Gasteiger partial charge in [0.05, 0.1) is 0 Å². The molecule has 1 rings (SSSR count). The molecule has 0 amide bonds. The summed E-state index contributed by atoms with van der Waals surface area (Å²) in [6.45, 7) is 6.04. The number of benzene rings is 1. The van der Waals surface area contributed by atoms with Crippen LogP contribution in [0.25, 0.3) is 0 Å². The lowest BCUT2D eigenvalue weighted by Crippen LogP contribution is -2.34. The van der Waals surface area contributed by atoms with Gasteiger partial charge in [0.15, 0.2) is 0 Å². The van der Waals surface area contributed by atoms with Crippen molar-refractivity contribution in [3.8, 4) is 5.75 Å². The number of nitrogens with one attached hydrogen (secondary N) is 1. The molecule has 0 saturated carbocycles. The van der Waals surface area contributed by atoms with Crippen molar-refractivity contribution in [1.29, 1.82) is 0 Å². The van der Waals surface area contributed by atoms with E-state index in [0.717, 1.165) is 30.3 Å². The molecule has 96 valence electrons. The van der Waals surface area contributed by atoms with Crippen molar-refractivity contribution in [1.82, 2.24) is 5.32 Å². The first-order chi connectivity index (χ1) is 8.26. The molecule has 0 aliphatic heterocycles. The number of rotatable bonds is 8. The summed E-state index contributed by atoms with van der Waals surface area (Å²) < 4.78 is 5.75. The molecule has 1 N–H and O–H groups in total. The second-order valence-corrected chi connectivity index (χ2v) is 4.60. The third-order valence-electron chi connectivity index (χ3n) is 2.66. The summed E-state index contributed by atoms with van der Waals surface area (Å²) in [5, 5.41) is 4.19. The summed E-state index contributed by atoms with van der Waals surface area (Å²) in [6, 6.07) is 7.96. The molecular weight excluding hydrogens is 234 g/mol. The summed E-state index contributed by atoms with van der Waals surface area (Å²) in [7, 11) is 0. The number of hydrogen-bond acceptors (Lipinski definition) is 2. The number of unbranched alkanes of at least 4 members (excludes halogenated alkanes) is 1. The maximum absolute atomic E-state index is 5.82. The lowest BCUT2D eigenvalue weighted by molar-refractivity contribution is 0.256. The van der Waals surface area contributed by atoms with Gasteiger partial charge in [-0.2, -0.15) is 0 Å². The van der Waals surface area contributed by atoms with Crippen LogP contribution in [0.5, 0.6) is 5.75 Å². The van der Waals surface area contributed by atoms with E-state index < -0.39 is 0 Å². The van der Waals surface area contributed by atoms with Crippen molar-refractivity contribution in [3.63, 3.8) is 0 Å². The first-order valence-electron chi connectivity index (χ1n) is 6.38. The van der Waals surface area contributed by atoms with Gasteiger partial charge in [-0.05, 0) is 37.2 Å². The van der Waals surface area contributed by atoms with E-state index in [1.54, 1.807) is 0 Å². The third-order valence-corrected chi connectivity index (χ3v) is 2.92. The maximum atomic E-state index is 5.82. The highest BCUT2D eigenvalue weighted by atomic mass is 35.5. The van der Waals surface area contributed by atoms with Gasteiger partial charge in [-0.15, -0.1) is 0 Å². The van der Waals surface area contributed by atoms with E-state index >= 15 is 0 Å². The van der Waals surface area contributed by atoms with Gasteiger partial charge in [0.2, 0.25) is 0 Å². The van der Waals surface area contributed by atoms with Gasteiger partial charge < -0.3 is 10.1 Å². The number of hydrogen-bond donors (Lipinski definition) is 1. The normalized spacial score (nSPS) is 12.4. The first-order valence-corrected chi connectivity index (χ1v) is 6.75. The van der Waals surface area contributed by atoms with Crippen LogP contribution >= 0.6 is 11.6 Å². The molecule has 0 radical (unpaired) electrons. The molecule has 0 aliphatic carbocycles. The minimum Gasteiger partial charge on any atom is -0.492 e. The Morgan fingerprint density at radius 3 is 2.53 bits per heavy atom. The Labute approximate surface area is 109 Å². The van der Waals surface area contributed by atoms with Crippen molar-refractivity contribution >= 4 is 11.6 Å². The van der Waals surface area contributed by atoms with Crippen molar-refractivity contribution in [3.05, 3.63) is 29.3 Å². The van der Waals surface area contributed by atoms with Gasteiger partial charge in [-0.1, -0.05) is 38.3 Å². The average molecular weight is 256 g/mol. The summed E-state index contributed by atoms with van der Waals surface area (Å²) in [5.41, 5.74) is 0. The predicted molar refractivity (Wildman–Crippen MR) is 73.9 cm³/mol. The summed E-state index contributed by atoms with van der Waals surface area (Å²) in [5.74, 6) is 0.883. The molecule has 0 spiro atoms. The lowest BCUT2D eigenvalue weighted by Gasteiger charge is -2.18. The molecule has 1 unspecified atom stereocenters. The molecule has 0 bridgehead atoms. The second-order valence-electron chi connectivity index (χ2n) is 4.16. The number of ether oxygens (including phenoxy) is 1. The van der Waals surface area contributed by atoms with Gasteiger partial charge in [-0.25, -0.2) is 0 Å². The minimum atomic E-state index is 0.440. The molecule has 1 aromatic rings. The quantitative estimate of drug-likeness (QED) is 0.761. The molecule has 3 heteroatoms. The molecule has 0 aliphatic rings. The third kappa shape index (κ3) is 5.94. The highest BCUT2D eigenvalue weighted by Gasteiger charge is 2.07. The Morgan fingerprint density at radius 2 is 1.94 bits per heavy atom. The lowest BCUT2D eigenvalue weighted by atomic mass is 10.1. The van der Waals surface area contributed by atoms with Gasteiger partial charge in [0.25, 0.3) is 0 Å². The molecule has 1 aromatic carbocycles. The molecule has 17 heavy (non-hydrogen) atoms. The van der Waals surface area contributed by atoms with E-state index in [9.17, 15) is 0 Å². The molecule has 1 atom stereocenters. The smallest absolute Gasteiger partial charge is 0.119 e. The largest absolute Gasteiger partial charge is 0.492 e. The monoisotopic (exact) mass is 255 g/mol. The van der Waals surface area contributed by atoms with Crippen molar-refractivity contribution in [2.45, 2.75) is 39.2 Å². The molecule has 2 nitrogen and oxygen atoms in total. The van der Waals surface area contributed by atoms with Gasteiger partial charge in [0, 0.05) is 11.1 Å². The topological polar surface area (TPSA) is 21.3 Å². The average Bonchev–Trinajstić information content (AvgIpc) is 2.35. The van der Waals surface area contributed by atoms with E-state index in [1.807, 2.05) is 24.3 Å². The van der Waals surface area contributed by atoms with Crippen molar-refractivity contribution in [2.24, 2.45) is 0 Å². The van der Waals surface area contributed by atoms with Crippen molar-refractivity contribution < 1.29 is 4.74 Å². The van der Waals surface area contributed by atoms with E-state index in [4.69, 9.17) is 16.3 Å². The number of halogens is 1. The summed E-state index contributed by atoms with van der Waals surface area (Å²) >= 11 is 5.82. The fourth-order valence-electron chi connectivity index (χ4n) is 1.71. The Kier molecular flexibility index (Phi) is 7.06. The fraction of sp³-hybridized carbons (Fsp3) is 0.571. The zero-order valence-corrected chi connectivity index (χ0v) is 11.5. The van der Waals surface area contributed by atoms with Crippen LogP contribution in [0.2, 0.25) is 5.02 Å². The maximum Gasteiger partial charge on any atom is 0.119 e. The molecule has 0 aromatic heterocycles. The zero-order chi connectivity index (χ0) is 12.5. The molecule has 0 fully saturated rings. The Balaban J connectivity index is 2.37. The van der Waals surface area contributed by atoms with Crippen LogP contribution in [0.15, 0.2) is 24.3 Å². The van der Waals surface area contributed by atoms with Gasteiger partial charge >= 0.3 is 0 Å². The number of likely N-dealkylation sites (N-methyl/N-ethyl adjacent to an activating group) is 1. The van der Waals surface area contributed by atoms with Crippen LogP contribution in [0.3, 0.4) is 0 Å². The Hall–Kier alpha value is -0.730. The second kappa shape index (κ2) is 8.37. The highest BCUT2D eigenvalue weighted by molar-refractivity contribution is 6.30. The van der Waals surface area contributed by atoms with E-state index in [2.05, 4.69) is 19.2 Å². The molecule has 0 saturated heterocycles. The van der Waals surface area contributed by atoms with Crippen LogP contribution in [0.4, 0.5) is 0 Å². The first kappa shape index (κ1) is 14.3. The SMILES string of the molecule is CCCCC(COc1ccc(Cl)cc1)NCC. The summed E-state index contributed by atoms with van der Waals surface area (Å²) in [6.07, 6.45) is 3.63. The standard InChI is InChI=1S/C14H22ClNO/c1-3-5-6-13(16-4-2)11-17-14-9-7-12(15)8-10-14/h7-10,13,16H,3-6,11H2,1-2H3. The van der Waals surface area contributed by atoms with Crippen LogP contribution in [-0.2, 0) is 0 Å². The molecule has 0 heterocycles. The van der Waals surface area contributed by atoms with Crippen LogP contribution in [0, 0.1) is 0 Å². The van der Waals surface area contributed by atoms with Crippen LogP contribution in [-0.4, -0.2) is 19.2 Å². The minimum absolute atomic E-state index is 0.440. The van der Waals surface area contributed by atoms with E-state index in [0.29, 0.717) is 6.04 Å². The van der Waals surface area contributed by atoms with Crippen LogP contribution in [0.1, 0.15) is 33.1 Å². The zero-order valence-electron chi connectivity index (χ0n) is 10.7. The van der Waals surface area contributed by atoms with Gasteiger partial charge in [0.1, 0.15) is 12.4 Å². The van der Waals surface area contributed by atoms with E-state index in [1.165, 1.54) is 12.8 Å². The highest BCUT2D eigenvalue weighted by Crippen LogP contribution is 2.16. The summed E-state index contributed by atoms with van der Waals surface area (Å²) in [4.78, 5) is 0. The predicted octanol–water partition coefficient (Wildman–Crippen LogP) is 3.89. The fourth-order valence-corrected chi connectivity index (χ4v) is 1.84. The Bertz CT molecular complexity index is 300. The van der Waals surface area contributed by atoms with Gasteiger partial charge in [-0.3, -0.25) is 0 Å².